The standard InChI is InChI=1S/C20H19N3O6/c1-12-4-9-17(18(10-12)23(25)26)21-20(24)19-16(13(2)29-22-19)11-28-15-7-5-14(27-3)6-8-15/h4-10H,11H2,1-3H3,(H,21,24). The van der Waals surface area contributed by atoms with Crippen LogP contribution in [0.4, 0.5) is 11.4 Å². The predicted octanol–water partition coefficient (Wildman–Crippen LogP) is 4.04. The van der Waals surface area contributed by atoms with Crippen LogP contribution in [0.25, 0.3) is 0 Å². The number of methoxy groups -OCH3 is 1. The van der Waals surface area contributed by atoms with E-state index in [9.17, 15) is 14.9 Å². The predicted molar refractivity (Wildman–Crippen MR) is 104 cm³/mol. The zero-order chi connectivity index (χ0) is 21.0. The molecule has 0 aliphatic heterocycles. The van der Waals surface area contributed by atoms with Crippen molar-refractivity contribution < 1.29 is 23.7 Å². The monoisotopic (exact) mass is 397 g/mol. The van der Waals surface area contributed by atoms with Crippen LogP contribution in [0.3, 0.4) is 0 Å². The molecule has 0 radical (unpaired) electrons. The molecular weight excluding hydrogens is 378 g/mol. The molecule has 9 nitrogen and oxygen atoms in total. The lowest BCUT2D eigenvalue weighted by Gasteiger charge is -2.08. The van der Waals surface area contributed by atoms with Crippen LogP contribution in [0.5, 0.6) is 11.5 Å². The molecule has 0 unspecified atom stereocenters. The van der Waals surface area contributed by atoms with Crippen molar-refractivity contribution in [2.45, 2.75) is 20.5 Å². The van der Waals surface area contributed by atoms with Gasteiger partial charge in [0.2, 0.25) is 0 Å². The molecule has 3 rings (SSSR count). The summed E-state index contributed by atoms with van der Waals surface area (Å²) in [4.78, 5) is 23.4. The third kappa shape index (κ3) is 4.52. The second kappa shape index (κ2) is 8.42. The van der Waals surface area contributed by atoms with E-state index < -0.39 is 10.8 Å². The highest BCUT2D eigenvalue weighted by molar-refractivity contribution is 6.05. The van der Waals surface area contributed by atoms with Gasteiger partial charge in [0.1, 0.15) is 29.6 Å². The minimum absolute atomic E-state index is 0.00545. The highest BCUT2D eigenvalue weighted by Crippen LogP contribution is 2.27. The summed E-state index contributed by atoms with van der Waals surface area (Å²) in [5, 5.41) is 17.6. The SMILES string of the molecule is COc1ccc(OCc2c(C(=O)Nc3ccc(C)cc3[N+](=O)[O-])noc2C)cc1. The number of nitro benzene ring substituents is 1. The molecule has 0 aliphatic carbocycles. The van der Waals surface area contributed by atoms with Crippen LogP contribution in [0.2, 0.25) is 0 Å². The maximum atomic E-state index is 12.7. The minimum atomic E-state index is -0.623. The Morgan fingerprint density at radius 1 is 1.17 bits per heavy atom. The first-order valence-electron chi connectivity index (χ1n) is 8.67. The van der Waals surface area contributed by atoms with Crippen molar-refractivity contribution in [3.8, 4) is 11.5 Å². The normalized spacial score (nSPS) is 10.4. The summed E-state index contributed by atoms with van der Waals surface area (Å²) in [6.45, 7) is 3.43. The van der Waals surface area contributed by atoms with E-state index >= 15 is 0 Å². The average Bonchev–Trinajstić information content (AvgIpc) is 3.08. The van der Waals surface area contributed by atoms with E-state index in [-0.39, 0.29) is 23.7 Å². The van der Waals surface area contributed by atoms with Crippen molar-refractivity contribution in [1.82, 2.24) is 5.16 Å². The number of carbonyl (C=O) groups is 1. The van der Waals surface area contributed by atoms with E-state index in [4.69, 9.17) is 14.0 Å². The number of hydrogen-bond donors (Lipinski definition) is 1. The summed E-state index contributed by atoms with van der Waals surface area (Å²) in [7, 11) is 1.57. The number of anilines is 1. The van der Waals surface area contributed by atoms with E-state index in [1.54, 1.807) is 51.3 Å². The van der Waals surface area contributed by atoms with E-state index in [2.05, 4.69) is 10.5 Å². The Morgan fingerprint density at radius 2 is 1.86 bits per heavy atom. The van der Waals surface area contributed by atoms with Gasteiger partial charge < -0.3 is 19.3 Å². The fourth-order valence-electron chi connectivity index (χ4n) is 2.65. The summed E-state index contributed by atoms with van der Waals surface area (Å²) in [5.74, 6) is 1.06. The van der Waals surface area contributed by atoms with Gasteiger partial charge in [-0.2, -0.15) is 0 Å². The largest absolute Gasteiger partial charge is 0.497 e. The van der Waals surface area contributed by atoms with Crippen molar-refractivity contribution in [3.05, 3.63) is 75.2 Å². The minimum Gasteiger partial charge on any atom is -0.497 e. The Kier molecular flexibility index (Phi) is 5.77. The zero-order valence-corrected chi connectivity index (χ0v) is 16.1. The number of amides is 1. The first-order valence-corrected chi connectivity index (χ1v) is 8.67. The molecule has 0 spiro atoms. The molecule has 0 bridgehead atoms. The van der Waals surface area contributed by atoms with E-state index in [1.165, 1.54) is 12.1 Å². The number of ether oxygens (including phenoxy) is 2. The van der Waals surface area contributed by atoms with Crippen LogP contribution in [0, 0.1) is 24.0 Å². The average molecular weight is 397 g/mol. The molecule has 3 aromatic rings. The van der Waals surface area contributed by atoms with Gasteiger partial charge in [0.05, 0.1) is 17.6 Å². The number of aromatic nitrogens is 1. The van der Waals surface area contributed by atoms with Crippen LogP contribution in [0.1, 0.15) is 27.4 Å². The van der Waals surface area contributed by atoms with Gasteiger partial charge in [0, 0.05) is 6.07 Å². The lowest BCUT2D eigenvalue weighted by atomic mass is 10.1. The summed E-state index contributed by atoms with van der Waals surface area (Å²) in [6, 6.07) is 11.5. The molecule has 0 aliphatic rings. The van der Waals surface area contributed by atoms with Crippen LogP contribution < -0.4 is 14.8 Å². The molecule has 1 amide bonds. The first-order chi connectivity index (χ1) is 13.9. The third-order valence-electron chi connectivity index (χ3n) is 4.24. The molecule has 2 aromatic carbocycles. The Hall–Kier alpha value is -3.88. The van der Waals surface area contributed by atoms with Gasteiger partial charge >= 0.3 is 0 Å². The summed E-state index contributed by atoms with van der Waals surface area (Å²) >= 11 is 0. The lowest BCUT2D eigenvalue weighted by Crippen LogP contribution is -2.16. The van der Waals surface area contributed by atoms with E-state index in [0.717, 1.165) is 0 Å². The Labute approximate surface area is 166 Å². The van der Waals surface area contributed by atoms with Gasteiger partial charge in [-0.3, -0.25) is 14.9 Å². The number of nitrogens with zero attached hydrogens (tertiary/aromatic N) is 2. The number of nitrogens with one attached hydrogen (secondary N) is 1. The maximum Gasteiger partial charge on any atom is 0.293 e. The van der Waals surface area contributed by atoms with Crippen molar-refractivity contribution in [3.63, 3.8) is 0 Å². The quantitative estimate of drug-likeness (QED) is 0.472. The number of aryl methyl sites for hydroxylation is 2. The number of benzene rings is 2. The van der Waals surface area contributed by atoms with Crippen molar-refractivity contribution in [1.29, 1.82) is 0 Å². The molecule has 1 N–H and O–H groups in total. The fourth-order valence-corrected chi connectivity index (χ4v) is 2.65. The molecule has 0 saturated carbocycles. The Bertz CT molecular complexity index is 1040. The highest BCUT2D eigenvalue weighted by atomic mass is 16.6. The van der Waals surface area contributed by atoms with E-state index in [1.807, 2.05) is 0 Å². The number of hydrogen-bond acceptors (Lipinski definition) is 7. The van der Waals surface area contributed by atoms with Crippen molar-refractivity contribution >= 4 is 17.3 Å². The lowest BCUT2D eigenvalue weighted by molar-refractivity contribution is -0.384. The van der Waals surface area contributed by atoms with Crippen molar-refractivity contribution in [2.24, 2.45) is 0 Å². The molecular formula is C20H19N3O6. The van der Waals surface area contributed by atoms with E-state index in [0.29, 0.717) is 28.4 Å². The third-order valence-corrected chi connectivity index (χ3v) is 4.24. The van der Waals surface area contributed by atoms with Crippen molar-refractivity contribution in [2.75, 3.05) is 12.4 Å². The summed E-state index contributed by atoms with van der Waals surface area (Å²) in [5.41, 5.74) is 1.04. The molecule has 0 fully saturated rings. The van der Waals surface area contributed by atoms with Gasteiger partial charge in [0.25, 0.3) is 11.6 Å². The first kappa shape index (κ1) is 19.9. The molecule has 9 heteroatoms. The molecule has 1 aromatic heterocycles. The molecule has 29 heavy (non-hydrogen) atoms. The second-order valence-electron chi connectivity index (χ2n) is 6.26. The van der Waals surface area contributed by atoms with Gasteiger partial charge in [-0.05, 0) is 49.7 Å². The maximum absolute atomic E-state index is 12.7. The Morgan fingerprint density at radius 3 is 2.52 bits per heavy atom. The smallest absolute Gasteiger partial charge is 0.293 e. The van der Waals surface area contributed by atoms with Crippen LogP contribution in [0.15, 0.2) is 47.0 Å². The number of nitro groups is 1. The van der Waals surface area contributed by atoms with Gasteiger partial charge in [-0.1, -0.05) is 11.2 Å². The molecule has 1 heterocycles. The molecule has 0 saturated heterocycles. The fraction of sp³-hybridized carbons (Fsp3) is 0.200. The molecule has 0 atom stereocenters. The second-order valence-corrected chi connectivity index (χ2v) is 6.26. The Balaban J connectivity index is 1.78. The van der Waals surface area contributed by atoms with Gasteiger partial charge in [0.15, 0.2) is 5.69 Å². The van der Waals surface area contributed by atoms with Crippen LogP contribution >= 0.6 is 0 Å². The summed E-state index contributed by atoms with van der Waals surface area (Å²) < 4.78 is 15.9. The van der Waals surface area contributed by atoms with Crippen LogP contribution in [-0.2, 0) is 6.61 Å². The number of carbonyl (C=O) groups excluding carboxylic acids is 1. The number of rotatable bonds is 7. The van der Waals surface area contributed by atoms with Gasteiger partial charge in [-0.25, -0.2) is 0 Å². The van der Waals surface area contributed by atoms with Crippen LogP contribution in [-0.4, -0.2) is 23.1 Å². The zero-order valence-electron chi connectivity index (χ0n) is 16.1. The molecule has 150 valence electrons. The topological polar surface area (TPSA) is 117 Å². The van der Waals surface area contributed by atoms with Gasteiger partial charge in [-0.15, -0.1) is 0 Å². The summed E-state index contributed by atoms with van der Waals surface area (Å²) in [6.07, 6.45) is 0. The highest BCUT2D eigenvalue weighted by Gasteiger charge is 2.23.